The number of carbonyl (C=O) groups is 1. The fourth-order valence-corrected chi connectivity index (χ4v) is 4.29. The van der Waals surface area contributed by atoms with Crippen LogP contribution in [0.4, 0.5) is 0 Å². The predicted molar refractivity (Wildman–Crippen MR) is 121 cm³/mol. The molecule has 0 aromatic heterocycles. The lowest BCUT2D eigenvalue weighted by Crippen LogP contribution is -2.40. The Bertz CT molecular complexity index is 1100. The number of hydrogen-bond acceptors (Lipinski definition) is 4. The summed E-state index contributed by atoms with van der Waals surface area (Å²) in [6.07, 6.45) is 0.717. The summed E-state index contributed by atoms with van der Waals surface area (Å²) in [5, 5.41) is 0.538. The fraction of sp³-hybridized carbons (Fsp3) is 0.240. The molecule has 1 aliphatic heterocycles. The van der Waals surface area contributed by atoms with Crippen molar-refractivity contribution in [2.75, 3.05) is 27.9 Å². The summed E-state index contributed by atoms with van der Waals surface area (Å²) in [6, 6.07) is 18.6. The van der Waals surface area contributed by atoms with E-state index in [9.17, 15) is 4.79 Å². The van der Waals surface area contributed by atoms with E-state index in [2.05, 4.69) is 0 Å². The number of ether oxygens (including phenoxy) is 3. The fourth-order valence-electron chi connectivity index (χ4n) is 4.10. The third-order valence-corrected chi connectivity index (χ3v) is 5.87. The molecule has 4 rings (SSSR count). The molecule has 0 saturated carbocycles. The van der Waals surface area contributed by atoms with Gasteiger partial charge in [-0.2, -0.15) is 0 Å². The van der Waals surface area contributed by atoms with Crippen LogP contribution in [0.3, 0.4) is 0 Å². The largest absolute Gasteiger partial charge is 0.497 e. The number of amides is 1. The lowest BCUT2D eigenvalue weighted by molar-refractivity contribution is 0.0694. The van der Waals surface area contributed by atoms with Gasteiger partial charge in [0.05, 0.1) is 27.4 Å². The van der Waals surface area contributed by atoms with Crippen LogP contribution in [0.1, 0.15) is 33.1 Å². The average Bonchev–Trinajstić information content (AvgIpc) is 2.82. The molecule has 0 unspecified atom stereocenters. The molecule has 3 aromatic rings. The monoisotopic (exact) mass is 437 g/mol. The number of benzene rings is 3. The average molecular weight is 438 g/mol. The summed E-state index contributed by atoms with van der Waals surface area (Å²) in [5.41, 5.74) is 3.71. The van der Waals surface area contributed by atoms with E-state index in [1.165, 1.54) is 0 Å². The highest BCUT2D eigenvalue weighted by Gasteiger charge is 2.34. The Balaban J connectivity index is 1.84. The van der Waals surface area contributed by atoms with Crippen molar-refractivity contribution >= 4 is 17.5 Å². The predicted octanol–water partition coefficient (Wildman–Crippen LogP) is 5.15. The summed E-state index contributed by atoms with van der Waals surface area (Å²) in [4.78, 5) is 15.4. The summed E-state index contributed by atoms with van der Waals surface area (Å²) in [7, 11) is 4.88. The van der Waals surface area contributed by atoms with E-state index in [1.807, 2.05) is 41.3 Å². The van der Waals surface area contributed by atoms with Crippen molar-refractivity contribution in [3.63, 3.8) is 0 Å². The van der Waals surface area contributed by atoms with Crippen molar-refractivity contribution in [1.29, 1.82) is 0 Å². The number of hydrogen-bond donors (Lipinski definition) is 0. The summed E-state index contributed by atoms with van der Waals surface area (Å²) in [6.45, 7) is 0.574. The van der Waals surface area contributed by atoms with Gasteiger partial charge in [0.15, 0.2) is 11.5 Å². The van der Waals surface area contributed by atoms with Gasteiger partial charge in [-0.05, 0) is 65.6 Å². The molecule has 3 aromatic carbocycles. The number of nitrogens with zero attached hydrogens (tertiary/aromatic N) is 1. The topological polar surface area (TPSA) is 48.0 Å². The molecule has 160 valence electrons. The second-order valence-corrected chi connectivity index (χ2v) is 7.78. The smallest absolute Gasteiger partial charge is 0.254 e. The van der Waals surface area contributed by atoms with E-state index >= 15 is 0 Å². The van der Waals surface area contributed by atoms with Crippen LogP contribution in [-0.2, 0) is 6.42 Å². The zero-order chi connectivity index (χ0) is 22.0. The minimum absolute atomic E-state index is 0.0660. The van der Waals surface area contributed by atoms with Crippen LogP contribution in [0.2, 0.25) is 5.02 Å². The molecular weight excluding hydrogens is 414 g/mol. The molecule has 1 aliphatic rings. The van der Waals surface area contributed by atoms with Crippen molar-refractivity contribution in [1.82, 2.24) is 4.90 Å². The molecule has 0 N–H and O–H groups in total. The Morgan fingerprint density at radius 1 is 0.935 bits per heavy atom. The Morgan fingerprint density at radius 2 is 1.65 bits per heavy atom. The highest BCUT2D eigenvalue weighted by atomic mass is 35.5. The zero-order valence-electron chi connectivity index (χ0n) is 17.7. The highest BCUT2D eigenvalue weighted by molar-refractivity contribution is 6.30. The second kappa shape index (κ2) is 8.90. The summed E-state index contributed by atoms with van der Waals surface area (Å²) in [5.74, 6) is 2.02. The molecule has 1 amide bonds. The van der Waals surface area contributed by atoms with Crippen molar-refractivity contribution in [3.8, 4) is 17.2 Å². The van der Waals surface area contributed by atoms with Crippen molar-refractivity contribution in [2.45, 2.75) is 12.5 Å². The second-order valence-electron chi connectivity index (χ2n) is 7.34. The first kappa shape index (κ1) is 21.1. The van der Waals surface area contributed by atoms with Gasteiger partial charge in [0.2, 0.25) is 0 Å². The molecule has 0 fully saturated rings. The first-order valence-corrected chi connectivity index (χ1v) is 10.4. The molecule has 31 heavy (non-hydrogen) atoms. The van der Waals surface area contributed by atoms with Gasteiger partial charge in [-0.15, -0.1) is 0 Å². The van der Waals surface area contributed by atoms with Gasteiger partial charge in [0, 0.05) is 17.1 Å². The lowest BCUT2D eigenvalue weighted by Gasteiger charge is -2.38. The third kappa shape index (κ3) is 4.06. The van der Waals surface area contributed by atoms with E-state index in [0.29, 0.717) is 35.1 Å². The van der Waals surface area contributed by atoms with Crippen LogP contribution < -0.4 is 14.2 Å². The Hall–Kier alpha value is -3.18. The number of halogens is 1. The van der Waals surface area contributed by atoms with Crippen molar-refractivity contribution in [2.24, 2.45) is 0 Å². The molecule has 0 bridgehead atoms. The Kier molecular flexibility index (Phi) is 6.05. The van der Waals surface area contributed by atoms with Gasteiger partial charge >= 0.3 is 0 Å². The van der Waals surface area contributed by atoms with E-state index in [-0.39, 0.29) is 11.9 Å². The molecule has 0 saturated heterocycles. The van der Waals surface area contributed by atoms with Crippen molar-refractivity contribution in [3.05, 3.63) is 87.9 Å². The van der Waals surface area contributed by atoms with Crippen molar-refractivity contribution < 1.29 is 19.0 Å². The molecule has 0 radical (unpaired) electrons. The van der Waals surface area contributed by atoms with Gasteiger partial charge in [0.1, 0.15) is 5.75 Å². The molecule has 0 spiro atoms. The number of methoxy groups -OCH3 is 3. The standard InChI is InChI=1S/C25H24ClNO4/c1-29-20-9-7-16(8-10-20)24-21-15-23(31-3)22(30-2)14-17(21)11-12-27(24)25(28)18-5-4-6-19(26)13-18/h4-10,13-15,24H,11-12H2,1-3H3/t24-/m1/s1. The highest BCUT2D eigenvalue weighted by Crippen LogP contribution is 2.41. The van der Waals surface area contributed by atoms with Crippen LogP contribution in [0.5, 0.6) is 17.2 Å². The number of carbonyl (C=O) groups excluding carboxylic acids is 1. The normalized spacial score (nSPS) is 15.2. The van der Waals surface area contributed by atoms with Crippen LogP contribution in [0.25, 0.3) is 0 Å². The Labute approximate surface area is 187 Å². The molecule has 1 atom stereocenters. The molecule has 6 heteroatoms. The number of rotatable bonds is 5. The number of fused-ring (bicyclic) bond motifs is 1. The van der Waals surface area contributed by atoms with Crippen LogP contribution in [-0.4, -0.2) is 38.7 Å². The first-order valence-electron chi connectivity index (χ1n) is 10.0. The van der Waals surface area contributed by atoms with E-state index in [4.69, 9.17) is 25.8 Å². The van der Waals surface area contributed by atoms with Crippen LogP contribution >= 0.6 is 11.6 Å². The maximum Gasteiger partial charge on any atom is 0.254 e. The molecule has 1 heterocycles. The van der Waals surface area contributed by atoms with Gasteiger partial charge in [-0.3, -0.25) is 4.79 Å². The van der Waals surface area contributed by atoms with E-state index in [0.717, 1.165) is 22.4 Å². The van der Waals surface area contributed by atoms with Gasteiger partial charge in [-0.25, -0.2) is 0 Å². The maximum absolute atomic E-state index is 13.5. The third-order valence-electron chi connectivity index (χ3n) is 5.64. The Morgan fingerprint density at radius 3 is 2.29 bits per heavy atom. The van der Waals surface area contributed by atoms with Crippen LogP contribution in [0, 0.1) is 0 Å². The first-order chi connectivity index (χ1) is 15.0. The van der Waals surface area contributed by atoms with Crippen LogP contribution in [0.15, 0.2) is 60.7 Å². The SMILES string of the molecule is COc1ccc([C@@H]2c3cc(OC)c(OC)cc3CCN2C(=O)c2cccc(Cl)c2)cc1. The maximum atomic E-state index is 13.5. The van der Waals surface area contributed by atoms with Gasteiger partial charge < -0.3 is 19.1 Å². The molecule has 5 nitrogen and oxygen atoms in total. The van der Waals surface area contributed by atoms with Gasteiger partial charge in [-0.1, -0.05) is 29.8 Å². The summed E-state index contributed by atoms with van der Waals surface area (Å²) < 4.78 is 16.4. The van der Waals surface area contributed by atoms with E-state index < -0.39 is 0 Å². The lowest BCUT2D eigenvalue weighted by atomic mass is 9.87. The minimum Gasteiger partial charge on any atom is -0.497 e. The summed E-state index contributed by atoms with van der Waals surface area (Å²) >= 11 is 6.15. The van der Waals surface area contributed by atoms with Gasteiger partial charge in [0.25, 0.3) is 5.91 Å². The molecule has 0 aliphatic carbocycles. The van der Waals surface area contributed by atoms with E-state index in [1.54, 1.807) is 45.6 Å². The zero-order valence-corrected chi connectivity index (χ0v) is 18.5. The molecular formula is C25H24ClNO4. The quantitative estimate of drug-likeness (QED) is 0.553. The minimum atomic E-state index is -0.277.